The van der Waals surface area contributed by atoms with E-state index in [9.17, 15) is 0 Å². The molecule has 0 saturated heterocycles. The van der Waals surface area contributed by atoms with Gasteiger partial charge in [-0.15, -0.1) is 0 Å². The predicted octanol–water partition coefficient (Wildman–Crippen LogP) is 1.02. The van der Waals surface area contributed by atoms with Crippen LogP contribution in [0.2, 0.25) is 0 Å². The molecule has 3 aromatic rings. The Morgan fingerprint density at radius 2 is 1.00 bits per heavy atom. The summed E-state index contributed by atoms with van der Waals surface area (Å²) in [5, 5.41) is 4.33. The van der Waals surface area contributed by atoms with Crippen molar-refractivity contribution < 1.29 is 21.7 Å². The third kappa shape index (κ3) is 4.39. The van der Waals surface area contributed by atoms with E-state index in [0.717, 1.165) is 19.2 Å². The van der Waals surface area contributed by atoms with Crippen molar-refractivity contribution in [2.75, 3.05) is 19.9 Å². The molecule has 0 fully saturated rings. The average molecular weight is 415 g/mol. The van der Waals surface area contributed by atoms with E-state index in [1.54, 1.807) is 7.11 Å². The van der Waals surface area contributed by atoms with Gasteiger partial charge in [0.25, 0.3) is 0 Å². The van der Waals surface area contributed by atoms with Gasteiger partial charge in [0.05, 0.1) is 6.16 Å². The first-order valence-corrected chi connectivity index (χ1v) is 10.4. The second-order valence-corrected chi connectivity index (χ2v) is 9.50. The Balaban J connectivity index is 0.00000225. The van der Waals surface area contributed by atoms with Crippen molar-refractivity contribution in [3.63, 3.8) is 0 Å². The molecule has 0 aliphatic carbocycles. The summed E-state index contributed by atoms with van der Waals surface area (Å²) in [5.74, 6) is 0. The number of halogens is 1. The summed E-state index contributed by atoms with van der Waals surface area (Å²) in [4.78, 5) is 0. The maximum atomic E-state index is 5.36. The van der Waals surface area contributed by atoms with Crippen LogP contribution < -0.4 is 32.9 Å². The molecule has 25 heavy (non-hydrogen) atoms. The fraction of sp³-hybridized carbons (Fsp3) is 0.182. The molecular weight excluding hydrogens is 391 g/mol. The lowest BCUT2D eigenvalue weighted by Gasteiger charge is -2.27. The van der Waals surface area contributed by atoms with E-state index in [0.29, 0.717) is 0 Å². The van der Waals surface area contributed by atoms with E-state index in [4.69, 9.17) is 4.74 Å². The molecule has 0 saturated carbocycles. The SMILES string of the molecule is COCCC[P+](c1ccccc1)(c1ccccc1)c1ccccc1.[Br-]. The molecular formula is C22H24BrOP. The molecule has 0 amide bonds. The van der Waals surface area contributed by atoms with E-state index in [2.05, 4.69) is 91.0 Å². The van der Waals surface area contributed by atoms with Gasteiger partial charge in [-0.2, -0.15) is 0 Å². The third-order valence-electron chi connectivity index (χ3n) is 4.43. The number of hydrogen-bond donors (Lipinski definition) is 0. The number of benzene rings is 3. The molecule has 0 N–H and O–H groups in total. The molecule has 1 nitrogen and oxygen atoms in total. The van der Waals surface area contributed by atoms with Crippen LogP contribution in [0, 0.1) is 0 Å². The summed E-state index contributed by atoms with van der Waals surface area (Å²) in [7, 11) is 0.122. The summed E-state index contributed by atoms with van der Waals surface area (Å²) in [6.07, 6.45) is 2.18. The minimum atomic E-state index is -1.66. The van der Waals surface area contributed by atoms with Crippen molar-refractivity contribution in [1.29, 1.82) is 0 Å². The van der Waals surface area contributed by atoms with Crippen LogP contribution in [0.1, 0.15) is 6.42 Å². The van der Waals surface area contributed by atoms with Crippen molar-refractivity contribution >= 4 is 23.2 Å². The number of hydrogen-bond acceptors (Lipinski definition) is 1. The van der Waals surface area contributed by atoms with E-state index in [1.807, 2.05) is 0 Å². The predicted molar refractivity (Wildman–Crippen MR) is 107 cm³/mol. The van der Waals surface area contributed by atoms with E-state index >= 15 is 0 Å². The van der Waals surface area contributed by atoms with Crippen molar-refractivity contribution in [2.24, 2.45) is 0 Å². The normalized spacial score (nSPS) is 10.9. The van der Waals surface area contributed by atoms with E-state index in [-0.39, 0.29) is 17.0 Å². The highest BCUT2D eigenvalue weighted by Crippen LogP contribution is 2.55. The van der Waals surface area contributed by atoms with Crippen molar-refractivity contribution in [1.82, 2.24) is 0 Å². The second kappa shape index (κ2) is 9.87. The quantitative estimate of drug-likeness (QED) is 0.414. The molecule has 0 radical (unpaired) electrons. The van der Waals surface area contributed by atoms with Crippen molar-refractivity contribution in [3.05, 3.63) is 91.0 Å². The highest BCUT2D eigenvalue weighted by molar-refractivity contribution is 7.95. The van der Waals surface area contributed by atoms with Gasteiger partial charge in [0.15, 0.2) is 0 Å². The maximum Gasteiger partial charge on any atom is 0.112 e. The Kier molecular flexibility index (Phi) is 7.84. The highest BCUT2D eigenvalue weighted by Gasteiger charge is 2.44. The summed E-state index contributed by atoms with van der Waals surface area (Å²) < 4.78 is 5.36. The molecule has 3 rings (SSSR count). The van der Waals surface area contributed by atoms with Gasteiger partial charge in [-0.1, -0.05) is 54.6 Å². The Hall–Kier alpha value is -1.47. The third-order valence-corrected chi connectivity index (χ3v) is 8.96. The van der Waals surface area contributed by atoms with Crippen LogP contribution >= 0.6 is 7.26 Å². The lowest BCUT2D eigenvalue weighted by atomic mass is 10.4. The molecule has 0 aliphatic heterocycles. The van der Waals surface area contributed by atoms with E-state index < -0.39 is 7.26 Å². The second-order valence-electron chi connectivity index (χ2n) is 5.89. The molecule has 0 aromatic heterocycles. The van der Waals surface area contributed by atoms with Gasteiger partial charge >= 0.3 is 0 Å². The zero-order valence-corrected chi connectivity index (χ0v) is 17.0. The molecule has 3 aromatic carbocycles. The van der Waals surface area contributed by atoms with Crippen LogP contribution in [0.4, 0.5) is 0 Å². The molecule has 3 heteroatoms. The summed E-state index contributed by atoms with van der Waals surface area (Å²) >= 11 is 0. The van der Waals surface area contributed by atoms with Gasteiger partial charge < -0.3 is 21.7 Å². The largest absolute Gasteiger partial charge is 1.00 e. The van der Waals surface area contributed by atoms with Crippen LogP contribution in [0.25, 0.3) is 0 Å². The van der Waals surface area contributed by atoms with Gasteiger partial charge in [0, 0.05) is 20.1 Å². The first-order chi connectivity index (χ1) is 11.9. The monoisotopic (exact) mass is 414 g/mol. The standard InChI is InChI=1S/C22H24OP.BrH/c1-23-18-11-19-24(20-12-5-2-6-13-20,21-14-7-3-8-15-21)22-16-9-4-10-17-22;/h2-10,12-17H,11,18-19H2,1H3;1H/q+1;/p-1. The van der Waals surface area contributed by atoms with E-state index in [1.165, 1.54) is 15.9 Å². The summed E-state index contributed by atoms with van der Waals surface area (Å²) in [6, 6.07) is 33.0. The first kappa shape index (κ1) is 19.8. The fourth-order valence-corrected chi connectivity index (χ4v) is 7.64. The van der Waals surface area contributed by atoms with Crippen LogP contribution in [0.15, 0.2) is 91.0 Å². The fourth-order valence-electron chi connectivity index (χ4n) is 3.33. The minimum absolute atomic E-state index is 0. The lowest BCUT2D eigenvalue weighted by molar-refractivity contribution is -0.00000505. The molecule has 0 unspecified atom stereocenters. The van der Waals surface area contributed by atoms with Crippen molar-refractivity contribution in [3.8, 4) is 0 Å². The van der Waals surface area contributed by atoms with Crippen LogP contribution in [0.5, 0.6) is 0 Å². The molecule has 0 aliphatic rings. The molecule has 130 valence electrons. The smallest absolute Gasteiger partial charge is 0.112 e. The van der Waals surface area contributed by atoms with Crippen LogP contribution in [0.3, 0.4) is 0 Å². The highest BCUT2D eigenvalue weighted by atomic mass is 79.9. The average Bonchev–Trinajstić information content (AvgIpc) is 2.68. The van der Waals surface area contributed by atoms with Crippen LogP contribution in [-0.2, 0) is 4.74 Å². The Morgan fingerprint density at radius 3 is 1.32 bits per heavy atom. The Morgan fingerprint density at radius 1 is 0.640 bits per heavy atom. The molecule has 0 atom stereocenters. The maximum absolute atomic E-state index is 5.36. The number of ether oxygens (including phenoxy) is 1. The zero-order valence-electron chi connectivity index (χ0n) is 14.5. The topological polar surface area (TPSA) is 9.23 Å². The minimum Gasteiger partial charge on any atom is -1.00 e. The Labute approximate surface area is 162 Å². The van der Waals surface area contributed by atoms with Gasteiger partial charge in [-0.25, -0.2) is 0 Å². The van der Waals surface area contributed by atoms with Crippen molar-refractivity contribution in [2.45, 2.75) is 6.42 Å². The van der Waals surface area contributed by atoms with Gasteiger partial charge in [0.2, 0.25) is 0 Å². The number of methoxy groups -OCH3 is 1. The summed E-state index contributed by atoms with van der Waals surface area (Å²) in [6.45, 7) is 0.800. The molecule has 0 spiro atoms. The zero-order chi connectivity index (χ0) is 16.7. The van der Waals surface area contributed by atoms with Gasteiger partial charge in [-0.05, 0) is 36.4 Å². The van der Waals surface area contributed by atoms with Crippen LogP contribution in [-0.4, -0.2) is 19.9 Å². The molecule has 0 bridgehead atoms. The number of rotatable bonds is 7. The summed E-state index contributed by atoms with van der Waals surface area (Å²) in [5.41, 5.74) is 0. The molecule has 0 heterocycles. The van der Waals surface area contributed by atoms with Gasteiger partial charge in [-0.3, -0.25) is 0 Å². The Bertz CT molecular complexity index is 635. The lowest BCUT2D eigenvalue weighted by Crippen LogP contribution is -3.00. The first-order valence-electron chi connectivity index (χ1n) is 8.42. The van der Waals surface area contributed by atoms with Gasteiger partial charge in [0.1, 0.15) is 23.2 Å².